The van der Waals surface area contributed by atoms with E-state index in [-0.39, 0.29) is 171 Å². The second-order valence-electron chi connectivity index (χ2n) is 7.05. The first kappa shape index (κ1) is 47.9. The Hall–Kier alpha value is 1.15. The number of carbonyl (C=O) groups excluding carboxylic acids is 5. The first-order valence-electron chi connectivity index (χ1n) is 10.0. The molecule has 0 aliphatic heterocycles. The van der Waals surface area contributed by atoms with E-state index in [0.717, 1.165) is 9.80 Å². The Labute approximate surface area is 304 Å². The van der Waals surface area contributed by atoms with Gasteiger partial charge < -0.3 is 55.8 Å². The Morgan fingerprint density at radius 2 is 1.14 bits per heavy atom. The number of ether oxygens (including phenoxy) is 1. The quantitative estimate of drug-likeness (QED) is 0.0966. The molecule has 15 nitrogen and oxygen atoms in total. The fourth-order valence-corrected chi connectivity index (χ4v) is 2.91. The molecule has 190 valence electrons. The van der Waals surface area contributed by atoms with Crippen LogP contribution in [0.25, 0.3) is 0 Å². The van der Waals surface area contributed by atoms with E-state index in [1.54, 1.807) is 4.90 Å². The van der Waals surface area contributed by atoms with E-state index in [9.17, 15) is 44.4 Å². The number of rotatable bonds is 21. The van der Waals surface area contributed by atoms with Gasteiger partial charge in [-0.05, 0) is 0 Å². The molecule has 1 amide bonds. The van der Waals surface area contributed by atoms with Gasteiger partial charge in [0.15, 0.2) is 0 Å². The van der Waals surface area contributed by atoms with Crippen LogP contribution < -0.4 is 150 Å². The van der Waals surface area contributed by atoms with Crippen molar-refractivity contribution in [1.82, 2.24) is 14.7 Å². The minimum atomic E-state index is -1.69. The topological polar surface area (TPSA) is 249 Å². The van der Waals surface area contributed by atoms with Crippen molar-refractivity contribution in [3.63, 3.8) is 0 Å². The van der Waals surface area contributed by atoms with Gasteiger partial charge in [0.2, 0.25) is 5.91 Å². The second kappa shape index (κ2) is 28.7. The standard InChI is InChI=1S/C18H33N5O10.4Na/c19-1-7-33-8-6-21(2-3-22(10-15(25)26)11-16(27)28)4-5-23(12-17(29)30)13(18(31)32)9-14(20)24;;;;/h13H,1-12,19H2,(H2,20,24)(H,25,26)(H,27,28)(H,29,30)(H,31,32);;;;/q;4*+1/p-4. The normalized spacial score (nSPS) is 10.9. The van der Waals surface area contributed by atoms with Crippen molar-refractivity contribution in [2.24, 2.45) is 11.5 Å². The van der Waals surface area contributed by atoms with Gasteiger partial charge >= 0.3 is 118 Å². The van der Waals surface area contributed by atoms with Crippen LogP contribution in [0.2, 0.25) is 0 Å². The number of carbonyl (C=O) groups is 5. The molecule has 0 heterocycles. The Bertz CT molecular complexity index is 665. The number of nitrogens with zero attached hydrogens (tertiary/aromatic N) is 3. The van der Waals surface area contributed by atoms with Crippen molar-refractivity contribution in [3.8, 4) is 0 Å². The Morgan fingerprint density at radius 3 is 1.54 bits per heavy atom. The maximum Gasteiger partial charge on any atom is 1.00 e. The summed E-state index contributed by atoms with van der Waals surface area (Å²) in [4.78, 5) is 59.0. The summed E-state index contributed by atoms with van der Waals surface area (Å²) < 4.78 is 5.29. The largest absolute Gasteiger partial charge is 1.00 e. The SMILES string of the molecule is NCCOCCN(CCN(CC(=O)[O-])CC(=O)[O-])CCN(CC(=O)[O-])C(CC(N)=O)C(=O)[O-].[Na+].[Na+].[Na+].[Na+]. The molecule has 0 radical (unpaired) electrons. The van der Waals surface area contributed by atoms with Crippen LogP contribution in [0, 0.1) is 0 Å². The monoisotopic (exact) mass is 567 g/mol. The summed E-state index contributed by atoms with van der Waals surface area (Å²) in [5.74, 6) is -7.23. The van der Waals surface area contributed by atoms with E-state index in [0.29, 0.717) is 0 Å². The number of hydrogen-bond acceptors (Lipinski definition) is 14. The maximum absolute atomic E-state index is 11.4. The Morgan fingerprint density at radius 1 is 0.676 bits per heavy atom. The summed E-state index contributed by atoms with van der Waals surface area (Å²) >= 11 is 0. The average Bonchev–Trinajstić information content (AvgIpc) is 2.68. The van der Waals surface area contributed by atoms with E-state index in [2.05, 4.69) is 0 Å². The number of nitrogens with two attached hydrogens (primary N) is 2. The van der Waals surface area contributed by atoms with Crippen LogP contribution in [0.1, 0.15) is 6.42 Å². The van der Waals surface area contributed by atoms with Crippen LogP contribution in [0.5, 0.6) is 0 Å². The van der Waals surface area contributed by atoms with Crippen molar-refractivity contribution >= 4 is 29.8 Å². The minimum Gasteiger partial charge on any atom is -0.549 e. The third-order valence-corrected chi connectivity index (χ3v) is 4.39. The molecule has 1 unspecified atom stereocenters. The molecule has 0 spiro atoms. The van der Waals surface area contributed by atoms with E-state index in [1.165, 1.54) is 0 Å². The number of primary amides is 1. The third-order valence-electron chi connectivity index (χ3n) is 4.39. The predicted octanol–water partition coefficient (Wildman–Crippen LogP) is -20.9. The molecule has 1 atom stereocenters. The van der Waals surface area contributed by atoms with Crippen LogP contribution in [0.15, 0.2) is 0 Å². The van der Waals surface area contributed by atoms with Gasteiger partial charge in [0.25, 0.3) is 0 Å². The van der Waals surface area contributed by atoms with Crippen LogP contribution in [-0.4, -0.2) is 123 Å². The first-order valence-corrected chi connectivity index (χ1v) is 10.0. The Balaban J connectivity index is -0.000000853. The summed E-state index contributed by atoms with van der Waals surface area (Å²) in [6, 6.07) is -1.61. The number of hydrogen-bond donors (Lipinski definition) is 2. The van der Waals surface area contributed by atoms with Gasteiger partial charge in [-0.15, -0.1) is 0 Å². The van der Waals surface area contributed by atoms with Gasteiger partial charge in [-0.3, -0.25) is 19.5 Å². The fourth-order valence-electron chi connectivity index (χ4n) is 2.91. The third kappa shape index (κ3) is 27.1. The summed E-state index contributed by atoms with van der Waals surface area (Å²) in [5, 5.41) is 44.2. The van der Waals surface area contributed by atoms with Crippen LogP contribution in [0.4, 0.5) is 0 Å². The minimum absolute atomic E-state index is 0. The molecule has 0 aromatic rings. The fraction of sp³-hybridized carbons (Fsp3) is 0.722. The zero-order valence-electron chi connectivity index (χ0n) is 22.1. The second-order valence-corrected chi connectivity index (χ2v) is 7.05. The smallest absolute Gasteiger partial charge is 0.549 e. The molecular formula is C18H29N5Na4O10. The van der Waals surface area contributed by atoms with Crippen LogP contribution in [0.3, 0.4) is 0 Å². The number of carboxylic acid groups (broad SMARTS) is 4. The zero-order valence-corrected chi connectivity index (χ0v) is 30.1. The van der Waals surface area contributed by atoms with Crippen molar-refractivity contribution in [2.75, 3.05) is 72.1 Å². The molecule has 0 aromatic heterocycles. The van der Waals surface area contributed by atoms with Crippen LogP contribution >= 0.6 is 0 Å². The molecule has 0 fully saturated rings. The molecule has 4 N–H and O–H groups in total. The molecule has 0 aliphatic carbocycles. The van der Waals surface area contributed by atoms with E-state index in [4.69, 9.17) is 16.2 Å². The molecule has 0 bridgehead atoms. The Kier molecular flexibility index (Phi) is 37.1. The molecule has 0 aliphatic rings. The number of amides is 1. The molecule has 0 saturated heterocycles. The summed E-state index contributed by atoms with van der Waals surface area (Å²) in [6.45, 7) is -1.22. The molecule has 37 heavy (non-hydrogen) atoms. The number of carboxylic acids is 4. The molecule has 0 saturated carbocycles. The summed E-state index contributed by atoms with van der Waals surface area (Å²) in [6.07, 6.45) is -0.680. The van der Waals surface area contributed by atoms with Gasteiger partial charge in [-0.2, -0.15) is 0 Å². The molecule has 0 rings (SSSR count). The molecular weight excluding hydrogens is 538 g/mol. The summed E-state index contributed by atoms with van der Waals surface area (Å²) in [7, 11) is 0. The van der Waals surface area contributed by atoms with E-state index in [1.807, 2.05) is 0 Å². The average molecular weight is 567 g/mol. The van der Waals surface area contributed by atoms with Crippen molar-refractivity contribution in [2.45, 2.75) is 12.5 Å². The van der Waals surface area contributed by atoms with Gasteiger partial charge in [0, 0.05) is 65.3 Å². The summed E-state index contributed by atoms with van der Waals surface area (Å²) in [5.41, 5.74) is 10.4. The predicted molar refractivity (Wildman–Crippen MR) is 102 cm³/mol. The maximum atomic E-state index is 11.4. The van der Waals surface area contributed by atoms with Crippen molar-refractivity contribution in [3.05, 3.63) is 0 Å². The molecule has 0 aromatic carbocycles. The van der Waals surface area contributed by atoms with Gasteiger partial charge in [-0.1, -0.05) is 0 Å². The van der Waals surface area contributed by atoms with Gasteiger partial charge in [-0.25, -0.2) is 0 Å². The van der Waals surface area contributed by atoms with E-state index < -0.39 is 61.9 Å². The molecule has 19 heteroatoms. The first-order chi connectivity index (χ1) is 15.5. The van der Waals surface area contributed by atoms with Crippen molar-refractivity contribution in [1.29, 1.82) is 0 Å². The number of aliphatic carboxylic acids is 4. The van der Waals surface area contributed by atoms with Gasteiger partial charge in [0.05, 0.1) is 43.1 Å². The van der Waals surface area contributed by atoms with Crippen molar-refractivity contribution < 1.29 is 167 Å². The van der Waals surface area contributed by atoms with E-state index >= 15 is 0 Å². The zero-order chi connectivity index (χ0) is 25.4. The van der Waals surface area contributed by atoms with Gasteiger partial charge in [0.1, 0.15) is 0 Å². The van der Waals surface area contributed by atoms with Crippen LogP contribution in [-0.2, 0) is 28.7 Å².